The number of halogens is 1. The molecule has 1 aromatic heterocycles. The first-order valence-corrected chi connectivity index (χ1v) is 7.76. The van der Waals surface area contributed by atoms with Crippen molar-refractivity contribution >= 4 is 29.2 Å². The van der Waals surface area contributed by atoms with Gasteiger partial charge in [-0.1, -0.05) is 38.4 Å². The number of ether oxygens (including phenoxy) is 1. The zero-order valence-electron chi connectivity index (χ0n) is 13.7. The maximum Gasteiger partial charge on any atom is 0.341 e. The number of esters is 1. The average Bonchev–Trinajstić information content (AvgIpc) is 2.46. The van der Waals surface area contributed by atoms with Gasteiger partial charge in [-0.3, -0.25) is 0 Å². The minimum Gasteiger partial charge on any atom is -0.462 e. The molecule has 23 heavy (non-hydrogen) atoms. The maximum absolute atomic E-state index is 12.1. The lowest BCUT2D eigenvalue weighted by molar-refractivity contribution is 0.0522. The third kappa shape index (κ3) is 4.42. The third-order valence-corrected chi connectivity index (χ3v) is 3.31. The molecule has 0 bridgehead atoms. The van der Waals surface area contributed by atoms with Crippen LogP contribution in [-0.2, 0) is 10.2 Å². The van der Waals surface area contributed by atoms with Gasteiger partial charge in [0.1, 0.15) is 5.56 Å². The zero-order chi connectivity index (χ0) is 17.0. The van der Waals surface area contributed by atoms with Gasteiger partial charge in [0.2, 0.25) is 5.95 Å². The van der Waals surface area contributed by atoms with Crippen molar-refractivity contribution in [1.82, 2.24) is 9.97 Å². The lowest BCUT2D eigenvalue weighted by Crippen LogP contribution is -2.21. The molecule has 2 aromatic rings. The molecule has 0 atom stereocenters. The van der Waals surface area contributed by atoms with Crippen molar-refractivity contribution in [1.29, 1.82) is 0 Å². The molecular formula is C17H20ClN3O2. The van der Waals surface area contributed by atoms with E-state index in [0.717, 1.165) is 5.69 Å². The molecule has 1 heterocycles. The molecule has 0 radical (unpaired) electrons. The van der Waals surface area contributed by atoms with Gasteiger partial charge in [-0.2, -0.15) is 0 Å². The Kier molecular flexibility index (Phi) is 5.21. The summed E-state index contributed by atoms with van der Waals surface area (Å²) in [6, 6.07) is 7.27. The predicted molar refractivity (Wildman–Crippen MR) is 91.4 cm³/mol. The fraction of sp³-hybridized carbons (Fsp3) is 0.353. The number of anilines is 2. The quantitative estimate of drug-likeness (QED) is 0.843. The molecule has 122 valence electrons. The molecule has 0 saturated carbocycles. The number of rotatable bonds is 4. The van der Waals surface area contributed by atoms with Gasteiger partial charge in [-0.25, -0.2) is 14.8 Å². The molecule has 0 aliphatic heterocycles. The van der Waals surface area contributed by atoms with Crippen LogP contribution in [0.2, 0.25) is 5.02 Å². The van der Waals surface area contributed by atoms with Crippen molar-refractivity contribution < 1.29 is 9.53 Å². The number of carbonyl (C=O) groups is 1. The summed E-state index contributed by atoms with van der Waals surface area (Å²) in [7, 11) is 0. The second-order valence-electron chi connectivity index (χ2n) is 6.06. The summed E-state index contributed by atoms with van der Waals surface area (Å²) in [5.41, 5.74) is 1.48. The van der Waals surface area contributed by atoms with Crippen LogP contribution in [0.3, 0.4) is 0 Å². The highest BCUT2D eigenvalue weighted by atomic mass is 35.5. The summed E-state index contributed by atoms with van der Waals surface area (Å²) < 4.78 is 5.08. The van der Waals surface area contributed by atoms with Crippen molar-refractivity contribution in [3.05, 3.63) is 46.7 Å². The van der Waals surface area contributed by atoms with E-state index in [4.69, 9.17) is 16.3 Å². The van der Waals surface area contributed by atoms with Gasteiger partial charge in [0.15, 0.2) is 0 Å². The van der Waals surface area contributed by atoms with Crippen LogP contribution < -0.4 is 5.32 Å². The van der Waals surface area contributed by atoms with E-state index in [-0.39, 0.29) is 5.41 Å². The second kappa shape index (κ2) is 6.96. The van der Waals surface area contributed by atoms with Crippen LogP contribution in [-0.4, -0.2) is 22.5 Å². The fourth-order valence-electron chi connectivity index (χ4n) is 2.07. The van der Waals surface area contributed by atoms with E-state index >= 15 is 0 Å². The van der Waals surface area contributed by atoms with E-state index in [9.17, 15) is 4.79 Å². The number of aromatic nitrogens is 2. The summed E-state index contributed by atoms with van der Waals surface area (Å²) in [4.78, 5) is 20.8. The number of nitrogens with zero attached hydrogens (tertiary/aromatic N) is 2. The van der Waals surface area contributed by atoms with Crippen LogP contribution in [0, 0.1) is 0 Å². The summed E-state index contributed by atoms with van der Waals surface area (Å²) in [5, 5.41) is 3.72. The number of carbonyl (C=O) groups excluding carboxylic acids is 1. The van der Waals surface area contributed by atoms with Crippen molar-refractivity contribution in [2.75, 3.05) is 11.9 Å². The van der Waals surface area contributed by atoms with Crippen LogP contribution in [0.4, 0.5) is 11.6 Å². The molecule has 2 rings (SSSR count). The first kappa shape index (κ1) is 17.2. The van der Waals surface area contributed by atoms with E-state index in [1.807, 2.05) is 32.9 Å². The molecule has 0 aliphatic rings. The third-order valence-electron chi connectivity index (χ3n) is 3.08. The van der Waals surface area contributed by atoms with Crippen LogP contribution in [0.25, 0.3) is 0 Å². The minimum absolute atomic E-state index is 0.310. The fourth-order valence-corrected chi connectivity index (χ4v) is 2.26. The first-order chi connectivity index (χ1) is 10.8. The van der Waals surface area contributed by atoms with Gasteiger partial charge < -0.3 is 10.1 Å². The highest BCUT2D eigenvalue weighted by Crippen LogP contribution is 2.26. The molecule has 0 aliphatic carbocycles. The Hall–Kier alpha value is -2.14. The van der Waals surface area contributed by atoms with Gasteiger partial charge >= 0.3 is 5.97 Å². The Morgan fingerprint density at radius 2 is 2.09 bits per heavy atom. The van der Waals surface area contributed by atoms with E-state index in [1.54, 1.807) is 19.1 Å². The Morgan fingerprint density at radius 1 is 1.35 bits per heavy atom. The Balaban J connectivity index is 2.38. The number of hydrogen-bond donors (Lipinski definition) is 1. The van der Waals surface area contributed by atoms with E-state index in [0.29, 0.717) is 28.8 Å². The topological polar surface area (TPSA) is 64.1 Å². The van der Waals surface area contributed by atoms with E-state index in [2.05, 4.69) is 15.3 Å². The molecule has 0 amide bonds. The lowest BCUT2D eigenvalue weighted by Gasteiger charge is -2.21. The highest BCUT2D eigenvalue weighted by Gasteiger charge is 2.25. The molecular weight excluding hydrogens is 314 g/mol. The molecule has 1 N–H and O–H groups in total. The molecule has 6 heteroatoms. The summed E-state index contributed by atoms with van der Waals surface area (Å²) in [5.74, 6) is -0.00280. The largest absolute Gasteiger partial charge is 0.462 e. The first-order valence-electron chi connectivity index (χ1n) is 7.38. The predicted octanol–water partition coefficient (Wildman–Crippen LogP) is 4.35. The summed E-state index contributed by atoms with van der Waals surface area (Å²) in [6.07, 6.45) is 1.50. The minimum atomic E-state index is -0.410. The average molecular weight is 334 g/mol. The van der Waals surface area contributed by atoms with Crippen LogP contribution >= 0.6 is 11.6 Å². The zero-order valence-corrected chi connectivity index (χ0v) is 14.4. The highest BCUT2D eigenvalue weighted by molar-refractivity contribution is 6.30. The molecule has 0 unspecified atom stereocenters. The van der Waals surface area contributed by atoms with Gasteiger partial charge in [0, 0.05) is 22.3 Å². The summed E-state index contributed by atoms with van der Waals surface area (Å²) >= 11 is 5.97. The Labute approximate surface area is 141 Å². The monoisotopic (exact) mass is 333 g/mol. The number of benzene rings is 1. The van der Waals surface area contributed by atoms with Crippen LogP contribution in [0.15, 0.2) is 30.5 Å². The lowest BCUT2D eigenvalue weighted by atomic mass is 9.89. The normalized spacial score (nSPS) is 11.2. The van der Waals surface area contributed by atoms with Crippen LogP contribution in [0.1, 0.15) is 43.7 Å². The Morgan fingerprint density at radius 3 is 2.70 bits per heavy atom. The molecule has 0 spiro atoms. The van der Waals surface area contributed by atoms with Crippen molar-refractivity contribution in [3.63, 3.8) is 0 Å². The number of nitrogens with one attached hydrogen (secondary N) is 1. The van der Waals surface area contributed by atoms with Gasteiger partial charge in [-0.15, -0.1) is 0 Å². The molecule has 1 aromatic carbocycles. The molecule has 5 nitrogen and oxygen atoms in total. The summed E-state index contributed by atoms with van der Waals surface area (Å²) in [6.45, 7) is 8.04. The number of hydrogen-bond acceptors (Lipinski definition) is 5. The second-order valence-corrected chi connectivity index (χ2v) is 6.50. The molecule has 0 fully saturated rings. The Bertz CT molecular complexity index is 711. The van der Waals surface area contributed by atoms with E-state index in [1.165, 1.54) is 6.20 Å². The standard InChI is InChI=1S/C17H20ClN3O2/c1-5-23-15(22)13-10-19-16(21-14(13)17(2,3)4)20-12-8-6-7-11(18)9-12/h6-10H,5H2,1-4H3,(H,19,20,21). The smallest absolute Gasteiger partial charge is 0.341 e. The van der Waals surface area contributed by atoms with Crippen molar-refractivity contribution in [2.45, 2.75) is 33.1 Å². The van der Waals surface area contributed by atoms with Crippen LogP contribution in [0.5, 0.6) is 0 Å². The SMILES string of the molecule is CCOC(=O)c1cnc(Nc2cccc(Cl)c2)nc1C(C)(C)C. The van der Waals surface area contributed by atoms with E-state index < -0.39 is 5.97 Å². The van der Waals surface area contributed by atoms with Gasteiger partial charge in [0.05, 0.1) is 12.3 Å². The van der Waals surface area contributed by atoms with Gasteiger partial charge in [-0.05, 0) is 25.1 Å². The van der Waals surface area contributed by atoms with Crippen molar-refractivity contribution in [3.8, 4) is 0 Å². The maximum atomic E-state index is 12.1. The van der Waals surface area contributed by atoms with Crippen molar-refractivity contribution in [2.24, 2.45) is 0 Å². The van der Waals surface area contributed by atoms with Gasteiger partial charge in [0.25, 0.3) is 0 Å². The molecule has 0 saturated heterocycles.